The first-order chi connectivity index (χ1) is 8.61. The molecule has 2 rings (SSSR count). The molecule has 0 saturated carbocycles. The van der Waals surface area contributed by atoms with Crippen LogP contribution in [0.15, 0.2) is 22.7 Å². The van der Waals surface area contributed by atoms with Crippen molar-refractivity contribution in [3.05, 3.63) is 28.2 Å². The minimum Gasteiger partial charge on any atom is -0.396 e. The van der Waals surface area contributed by atoms with Gasteiger partial charge in [-0.05, 0) is 59.3 Å². The summed E-state index contributed by atoms with van der Waals surface area (Å²) in [4.78, 5) is 2.34. The molecule has 0 aromatic heterocycles. The predicted molar refractivity (Wildman–Crippen MR) is 76.8 cm³/mol. The number of anilines is 1. The molecule has 100 valence electrons. The van der Waals surface area contributed by atoms with E-state index in [9.17, 15) is 5.11 Å². The predicted octanol–water partition coefficient (Wildman–Crippen LogP) is 2.71. The van der Waals surface area contributed by atoms with Crippen LogP contribution in [0.4, 0.5) is 5.69 Å². The lowest BCUT2D eigenvalue weighted by Gasteiger charge is -2.21. The van der Waals surface area contributed by atoms with Crippen LogP contribution in [0, 0.1) is 5.92 Å². The van der Waals surface area contributed by atoms with Crippen LogP contribution in [0.25, 0.3) is 0 Å². The van der Waals surface area contributed by atoms with Gasteiger partial charge in [0.1, 0.15) is 0 Å². The van der Waals surface area contributed by atoms with Crippen molar-refractivity contribution in [2.75, 3.05) is 24.6 Å². The molecular weight excluding hydrogens is 294 g/mol. The molecule has 0 aliphatic carbocycles. The average molecular weight is 314 g/mol. The summed E-state index contributed by atoms with van der Waals surface area (Å²) in [7, 11) is 0. The van der Waals surface area contributed by atoms with E-state index in [0.29, 0.717) is 5.92 Å². The normalized spacial score (nSPS) is 21.3. The highest BCUT2D eigenvalue weighted by molar-refractivity contribution is 9.10. The van der Waals surface area contributed by atoms with Crippen LogP contribution in [0.2, 0.25) is 0 Å². The van der Waals surface area contributed by atoms with Crippen LogP contribution in [-0.2, 0) is 0 Å². The average Bonchev–Trinajstić information content (AvgIpc) is 2.77. The summed E-state index contributed by atoms with van der Waals surface area (Å²) in [5.74, 6) is 0.596. The number of aliphatic hydroxyl groups is 2. The molecular formula is C14H20BrNO2. The van der Waals surface area contributed by atoms with E-state index in [-0.39, 0.29) is 6.61 Å². The van der Waals surface area contributed by atoms with E-state index < -0.39 is 6.10 Å². The molecule has 2 N–H and O–H groups in total. The first-order valence-corrected chi connectivity index (χ1v) is 7.24. The fourth-order valence-electron chi connectivity index (χ4n) is 2.51. The zero-order valence-electron chi connectivity index (χ0n) is 10.6. The van der Waals surface area contributed by atoms with Crippen LogP contribution in [0.5, 0.6) is 0 Å². The van der Waals surface area contributed by atoms with Crippen LogP contribution < -0.4 is 4.90 Å². The Balaban J connectivity index is 2.10. The van der Waals surface area contributed by atoms with Crippen molar-refractivity contribution in [2.24, 2.45) is 5.92 Å². The summed E-state index contributed by atoms with van der Waals surface area (Å²) in [5.41, 5.74) is 2.11. The first-order valence-electron chi connectivity index (χ1n) is 6.45. The summed E-state index contributed by atoms with van der Waals surface area (Å²) in [6.07, 6.45) is 1.60. The van der Waals surface area contributed by atoms with Gasteiger partial charge in [-0.3, -0.25) is 0 Å². The highest BCUT2D eigenvalue weighted by Crippen LogP contribution is 2.33. The number of rotatable bonds is 4. The molecule has 1 heterocycles. The molecule has 1 aromatic rings. The van der Waals surface area contributed by atoms with Crippen LogP contribution in [0.3, 0.4) is 0 Å². The van der Waals surface area contributed by atoms with Crippen LogP contribution in [-0.4, -0.2) is 29.9 Å². The second kappa shape index (κ2) is 6.04. The fourth-order valence-corrected chi connectivity index (χ4v) is 3.16. The third-order valence-electron chi connectivity index (χ3n) is 3.62. The van der Waals surface area contributed by atoms with E-state index in [1.54, 1.807) is 6.92 Å². The van der Waals surface area contributed by atoms with E-state index in [0.717, 1.165) is 36.0 Å². The molecule has 0 bridgehead atoms. The van der Waals surface area contributed by atoms with Gasteiger partial charge in [-0.25, -0.2) is 0 Å². The van der Waals surface area contributed by atoms with Gasteiger partial charge in [0.15, 0.2) is 0 Å². The summed E-state index contributed by atoms with van der Waals surface area (Å²) in [6.45, 7) is 4.10. The molecule has 1 aromatic carbocycles. The molecule has 1 aliphatic rings. The van der Waals surface area contributed by atoms with Crippen molar-refractivity contribution in [3.63, 3.8) is 0 Å². The molecule has 2 atom stereocenters. The van der Waals surface area contributed by atoms with E-state index in [2.05, 4.69) is 26.9 Å². The SMILES string of the molecule is CC(O)c1ccc(N2CCC(CCO)C2)c(Br)c1. The topological polar surface area (TPSA) is 43.7 Å². The van der Waals surface area contributed by atoms with Crippen molar-refractivity contribution >= 4 is 21.6 Å². The molecule has 3 nitrogen and oxygen atoms in total. The monoisotopic (exact) mass is 313 g/mol. The molecule has 1 aliphatic heterocycles. The highest BCUT2D eigenvalue weighted by Gasteiger charge is 2.23. The van der Waals surface area contributed by atoms with Crippen molar-refractivity contribution in [1.82, 2.24) is 0 Å². The standard InChI is InChI=1S/C14H20BrNO2/c1-10(18)12-2-3-14(13(15)8-12)16-6-4-11(9-16)5-7-17/h2-3,8,10-11,17-18H,4-7,9H2,1H3. The quantitative estimate of drug-likeness (QED) is 0.898. The Morgan fingerprint density at radius 1 is 1.50 bits per heavy atom. The summed E-state index contributed by atoms with van der Waals surface area (Å²) < 4.78 is 1.03. The third-order valence-corrected chi connectivity index (χ3v) is 4.25. The molecule has 0 amide bonds. The Morgan fingerprint density at radius 2 is 2.28 bits per heavy atom. The van der Waals surface area contributed by atoms with Gasteiger partial charge in [0.05, 0.1) is 11.8 Å². The van der Waals surface area contributed by atoms with Crippen LogP contribution in [0.1, 0.15) is 31.4 Å². The van der Waals surface area contributed by atoms with Gasteiger partial charge in [0.2, 0.25) is 0 Å². The van der Waals surface area contributed by atoms with Gasteiger partial charge in [0, 0.05) is 24.2 Å². The largest absolute Gasteiger partial charge is 0.396 e. The lowest BCUT2D eigenvalue weighted by molar-refractivity contribution is 0.199. The van der Waals surface area contributed by atoms with Crippen molar-refractivity contribution in [2.45, 2.75) is 25.9 Å². The van der Waals surface area contributed by atoms with Gasteiger partial charge in [-0.2, -0.15) is 0 Å². The second-order valence-corrected chi connectivity index (χ2v) is 5.85. The van der Waals surface area contributed by atoms with Crippen molar-refractivity contribution in [1.29, 1.82) is 0 Å². The van der Waals surface area contributed by atoms with E-state index in [1.165, 1.54) is 5.69 Å². The molecule has 18 heavy (non-hydrogen) atoms. The first kappa shape index (κ1) is 13.8. The minimum atomic E-state index is -0.434. The van der Waals surface area contributed by atoms with Crippen LogP contribution >= 0.6 is 15.9 Å². The zero-order valence-corrected chi connectivity index (χ0v) is 12.2. The Kier molecular flexibility index (Phi) is 4.65. The minimum absolute atomic E-state index is 0.278. The Morgan fingerprint density at radius 3 is 2.89 bits per heavy atom. The Bertz CT molecular complexity index is 409. The van der Waals surface area contributed by atoms with Crippen molar-refractivity contribution in [3.8, 4) is 0 Å². The highest BCUT2D eigenvalue weighted by atomic mass is 79.9. The number of hydrogen-bond acceptors (Lipinski definition) is 3. The Labute approximate surface area is 117 Å². The van der Waals surface area contributed by atoms with Gasteiger partial charge in [0.25, 0.3) is 0 Å². The lowest BCUT2D eigenvalue weighted by atomic mass is 10.1. The molecule has 4 heteroatoms. The number of halogens is 1. The molecule has 1 saturated heterocycles. The molecule has 2 unspecified atom stereocenters. The van der Waals surface area contributed by atoms with Gasteiger partial charge >= 0.3 is 0 Å². The van der Waals surface area contributed by atoms with E-state index in [1.807, 2.05) is 12.1 Å². The number of benzene rings is 1. The van der Waals surface area contributed by atoms with Gasteiger partial charge < -0.3 is 15.1 Å². The molecule has 1 fully saturated rings. The van der Waals surface area contributed by atoms with E-state index >= 15 is 0 Å². The second-order valence-electron chi connectivity index (χ2n) is 5.00. The third kappa shape index (κ3) is 3.05. The Hall–Kier alpha value is -0.580. The summed E-state index contributed by atoms with van der Waals surface area (Å²) in [6, 6.07) is 6.02. The van der Waals surface area contributed by atoms with Crippen molar-refractivity contribution < 1.29 is 10.2 Å². The maximum Gasteiger partial charge on any atom is 0.0762 e. The number of aliphatic hydroxyl groups excluding tert-OH is 2. The molecule has 0 radical (unpaired) electrons. The fraction of sp³-hybridized carbons (Fsp3) is 0.571. The summed E-state index contributed by atoms with van der Waals surface area (Å²) >= 11 is 3.58. The smallest absolute Gasteiger partial charge is 0.0762 e. The van der Waals surface area contributed by atoms with Gasteiger partial charge in [-0.1, -0.05) is 6.07 Å². The van der Waals surface area contributed by atoms with E-state index in [4.69, 9.17) is 5.11 Å². The number of nitrogens with zero attached hydrogens (tertiary/aromatic N) is 1. The molecule has 0 spiro atoms. The maximum atomic E-state index is 9.55. The zero-order chi connectivity index (χ0) is 13.1. The lowest BCUT2D eigenvalue weighted by Crippen LogP contribution is -2.20. The van der Waals surface area contributed by atoms with Gasteiger partial charge in [-0.15, -0.1) is 0 Å². The maximum absolute atomic E-state index is 9.55. The number of hydrogen-bond donors (Lipinski definition) is 2. The summed E-state index contributed by atoms with van der Waals surface area (Å²) in [5, 5.41) is 18.5.